The van der Waals surface area contributed by atoms with Gasteiger partial charge in [-0.1, -0.05) is 32.9 Å². The molecule has 0 aromatic heterocycles. The predicted molar refractivity (Wildman–Crippen MR) is 78.6 cm³/mol. The molecule has 0 fully saturated rings. The Morgan fingerprint density at radius 3 is 2.37 bits per heavy atom. The molecule has 19 heavy (non-hydrogen) atoms. The van der Waals surface area contributed by atoms with E-state index in [0.29, 0.717) is 0 Å². The van der Waals surface area contributed by atoms with Gasteiger partial charge in [0.1, 0.15) is 5.75 Å². The molecule has 0 saturated heterocycles. The van der Waals surface area contributed by atoms with Gasteiger partial charge in [0.25, 0.3) is 5.91 Å². The van der Waals surface area contributed by atoms with Crippen LogP contribution in [0.1, 0.15) is 40.2 Å². The van der Waals surface area contributed by atoms with Crippen LogP contribution in [-0.4, -0.2) is 30.5 Å². The molecule has 3 heteroatoms. The molecule has 0 saturated carbocycles. The number of likely N-dealkylation sites (N-methyl/N-ethyl adjacent to an activating group) is 1. The Bertz CT molecular complexity index is 417. The van der Waals surface area contributed by atoms with Crippen molar-refractivity contribution in [1.29, 1.82) is 0 Å². The molecular weight excluding hydrogens is 238 g/mol. The second-order valence-electron chi connectivity index (χ2n) is 5.63. The molecule has 0 spiro atoms. The monoisotopic (exact) mass is 263 g/mol. The van der Waals surface area contributed by atoms with Crippen molar-refractivity contribution in [2.45, 2.75) is 40.0 Å². The van der Waals surface area contributed by atoms with E-state index in [2.05, 4.69) is 26.8 Å². The van der Waals surface area contributed by atoms with Crippen LogP contribution in [0, 0.1) is 0 Å². The van der Waals surface area contributed by atoms with E-state index in [1.165, 1.54) is 5.56 Å². The maximum atomic E-state index is 11.9. The van der Waals surface area contributed by atoms with Crippen LogP contribution in [0.15, 0.2) is 24.3 Å². The highest BCUT2D eigenvalue weighted by atomic mass is 16.5. The Morgan fingerprint density at radius 1 is 1.21 bits per heavy atom. The van der Waals surface area contributed by atoms with Crippen LogP contribution < -0.4 is 4.74 Å². The topological polar surface area (TPSA) is 29.5 Å². The quantitative estimate of drug-likeness (QED) is 0.816. The van der Waals surface area contributed by atoms with Crippen LogP contribution in [0.2, 0.25) is 0 Å². The molecule has 0 heterocycles. The van der Waals surface area contributed by atoms with E-state index in [1.807, 2.05) is 32.0 Å². The molecule has 1 rings (SSSR count). The molecule has 0 aliphatic heterocycles. The van der Waals surface area contributed by atoms with E-state index >= 15 is 0 Å². The number of rotatable bonds is 5. The van der Waals surface area contributed by atoms with Gasteiger partial charge in [-0.25, -0.2) is 0 Å². The highest BCUT2D eigenvalue weighted by Crippen LogP contribution is 2.25. The lowest BCUT2D eigenvalue weighted by Gasteiger charge is -2.21. The number of amides is 1. The molecule has 1 aromatic carbocycles. The van der Waals surface area contributed by atoms with E-state index < -0.39 is 0 Å². The van der Waals surface area contributed by atoms with E-state index in [0.717, 1.165) is 18.8 Å². The van der Waals surface area contributed by atoms with Crippen molar-refractivity contribution in [3.05, 3.63) is 29.8 Å². The number of hydrogen-bond donors (Lipinski definition) is 0. The molecule has 0 atom stereocenters. The van der Waals surface area contributed by atoms with Gasteiger partial charge in [0.15, 0.2) is 6.61 Å². The van der Waals surface area contributed by atoms with Gasteiger partial charge in [0.05, 0.1) is 0 Å². The van der Waals surface area contributed by atoms with Crippen molar-refractivity contribution in [3.63, 3.8) is 0 Å². The first-order valence-electron chi connectivity index (χ1n) is 6.89. The highest BCUT2D eigenvalue weighted by molar-refractivity contribution is 5.77. The maximum Gasteiger partial charge on any atom is 0.260 e. The van der Waals surface area contributed by atoms with Crippen molar-refractivity contribution in [2.24, 2.45) is 0 Å². The maximum absolute atomic E-state index is 11.9. The van der Waals surface area contributed by atoms with E-state index in [-0.39, 0.29) is 17.9 Å². The first kappa shape index (κ1) is 15.5. The third-order valence-corrected chi connectivity index (χ3v) is 3.18. The summed E-state index contributed by atoms with van der Waals surface area (Å²) < 4.78 is 5.60. The Balaban J connectivity index is 2.66. The second-order valence-corrected chi connectivity index (χ2v) is 5.63. The Morgan fingerprint density at radius 2 is 1.84 bits per heavy atom. The Hall–Kier alpha value is -1.51. The molecule has 0 bridgehead atoms. The summed E-state index contributed by atoms with van der Waals surface area (Å²) in [6.45, 7) is 12.0. The second kappa shape index (κ2) is 6.60. The van der Waals surface area contributed by atoms with Crippen LogP contribution in [0.25, 0.3) is 0 Å². The molecule has 0 aliphatic rings. The van der Waals surface area contributed by atoms with Crippen molar-refractivity contribution in [1.82, 2.24) is 4.90 Å². The van der Waals surface area contributed by atoms with Gasteiger partial charge < -0.3 is 9.64 Å². The number of nitrogens with zero attached hydrogens (tertiary/aromatic N) is 1. The van der Waals surface area contributed by atoms with Crippen LogP contribution in [-0.2, 0) is 10.2 Å². The summed E-state index contributed by atoms with van der Waals surface area (Å²) in [6, 6.07) is 7.96. The molecule has 106 valence electrons. The highest BCUT2D eigenvalue weighted by Gasteiger charge is 2.15. The van der Waals surface area contributed by atoms with E-state index in [9.17, 15) is 4.79 Å². The summed E-state index contributed by atoms with van der Waals surface area (Å²) >= 11 is 0. The van der Waals surface area contributed by atoms with Crippen LogP contribution in [0.4, 0.5) is 0 Å². The minimum Gasteiger partial charge on any atom is -0.484 e. The average Bonchev–Trinajstić information content (AvgIpc) is 2.37. The van der Waals surface area contributed by atoms with Gasteiger partial charge in [0, 0.05) is 13.1 Å². The third-order valence-electron chi connectivity index (χ3n) is 3.18. The number of carbonyl (C=O) groups excluding carboxylic acids is 1. The van der Waals surface area contributed by atoms with Crippen LogP contribution in [0.3, 0.4) is 0 Å². The van der Waals surface area contributed by atoms with E-state index in [4.69, 9.17) is 4.74 Å². The number of hydrogen-bond acceptors (Lipinski definition) is 2. The Kier molecular flexibility index (Phi) is 5.40. The zero-order valence-corrected chi connectivity index (χ0v) is 12.7. The minimum atomic E-state index is 0.0335. The van der Waals surface area contributed by atoms with Crippen molar-refractivity contribution >= 4 is 5.91 Å². The van der Waals surface area contributed by atoms with E-state index in [1.54, 1.807) is 4.90 Å². The smallest absolute Gasteiger partial charge is 0.260 e. The van der Waals surface area contributed by atoms with Crippen LogP contribution >= 0.6 is 0 Å². The van der Waals surface area contributed by atoms with Crippen LogP contribution in [0.5, 0.6) is 5.75 Å². The van der Waals surface area contributed by atoms with Gasteiger partial charge in [-0.3, -0.25) is 4.79 Å². The minimum absolute atomic E-state index is 0.0335. The largest absolute Gasteiger partial charge is 0.484 e. The summed E-state index contributed by atoms with van der Waals surface area (Å²) in [7, 11) is 0. The average molecular weight is 263 g/mol. The molecule has 0 radical (unpaired) electrons. The molecular formula is C16H25NO2. The molecule has 0 aliphatic carbocycles. The zero-order valence-electron chi connectivity index (χ0n) is 12.7. The van der Waals surface area contributed by atoms with Crippen molar-refractivity contribution in [3.8, 4) is 5.75 Å². The van der Waals surface area contributed by atoms with Gasteiger partial charge in [-0.15, -0.1) is 0 Å². The Labute approximate surface area is 116 Å². The summed E-state index contributed by atoms with van der Waals surface area (Å²) in [4.78, 5) is 13.6. The summed E-state index contributed by atoms with van der Waals surface area (Å²) in [6.07, 6.45) is 0. The van der Waals surface area contributed by atoms with Gasteiger partial charge in [0.2, 0.25) is 0 Å². The summed E-state index contributed by atoms with van der Waals surface area (Å²) in [5.74, 6) is 0.791. The standard InChI is InChI=1S/C16H25NO2/c1-6-17(7-2)15(18)12-19-14-10-8-9-13(11-14)16(3,4)5/h8-11H,6-7,12H2,1-5H3. The number of benzene rings is 1. The lowest BCUT2D eigenvalue weighted by Crippen LogP contribution is -2.34. The van der Waals surface area contributed by atoms with Crippen molar-refractivity contribution in [2.75, 3.05) is 19.7 Å². The van der Waals surface area contributed by atoms with Gasteiger partial charge in [-0.2, -0.15) is 0 Å². The lowest BCUT2D eigenvalue weighted by molar-refractivity contribution is -0.132. The summed E-state index contributed by atoms with van der Waals surface area (Å²) in [5, 5.41) is 0. The molecule has 1 aromatic rings. The summed E-state index contributed by atoms with van der Waals surface area (Å²) in [5.41, 5.74) is 1.29. The zero-order chi connectivity index (χ0) is 14.5. The molecule has 0 unspecified atom stereocenters. The third kappa shape index (κ3) is 4.58. The lowest BCUT2D eigenvalue weighted by atomic mass is 9.87. The molecule has 1 amide bonds. The first-order valence-corrected chi connectivity index (χ1v) is 6.89. The fourth-order valence-corrected chi connectivity index (χ4v) is 1.87. The fraction of sp³-hybridized carbons (Fsp3) is 0.562. The van der Waals surface area contributed by atoms with Gasteiger partial charge >= 0.3 is 0 Å². The normalized spacial score (nSPS) is 11.2. The molecule has 3 nitrogen and oxygen atoms in total. The number of ether oxygens (including phenoxy) is 1. The van der Waals surface area contributed by atoms with Gasteiger partial charge in [-0.05, 0) is 37.0 Å². The number of carbonyl (C=O) groups is 1. The molecule has 0 N–H and O–H groups in total. The first-order chi connectivity index (χ1) is 8.88. The van der Waals surface area contributed by atoms with Crippen molar-refractivity contribution < 1.29 is 9.53 Å². The predicted octanol–water partition coefficient (Wildman–Crippen LogP) is 3.23. The SMILES string of the molecule is CCN(CC)C(=O)COc1cccc(C(C)(C)C)c1. The fourth-order valence-electron chi connectivity index (χ4n) is 1.87.